The van der Waals surface area contributed by atoms with Crippen molar-refractivity contribution in [1.82, 2.24) is 20.8 Å². The first-order chi connectivity index (χ1) is 13.5. The van der Waals surface area contributed by atoms with Crippen LogP contribution in [-0.2, 0) is 6.42 Å². The smallest absolute Gasteiger partial charge is 0.228 e. The van der Waals surface area contributed by atoms with Gasteiger partial charge in [-0.25, -0.2) is 4.39 Å². The van der Waals surface area contributed by atoms with Gasteiger partial charge in [-0.15, -0.1) is 24.0 Å². The molecule has 1 aliphatic carbocycles. The lowest BCUT2D eigenvalue weighted by Crippen LogP contribution is -2.38. The zero-order valence-electron chi connectivity index (χ0n) is 17.1. The van der Waals surface area contributed by atoms with Crippen LogP contribution in [-0.4, -0.2) is 35.8 Å². The van der Waals surface area contributed by atoms with Crippen LogP contribution in [0, 0.1) is 18.7 Å². The minimum absolute atomic E-state index is 0. The summed E-state index contributed by atoms with van der Waals surface area (Å²) in [6, 6.07) is 4.99. The van der Waals surface area contributed by atoms with Gasteiger partial charge in [0, 0.05) is 13.0 Å². The van der Waals surface area contributed by atoms with Crippen molar-refractivity contribution >= 4 is 29.9 Å². The van der Waals surface area contributed by atoms with Crippen LogP contribution in [0.5, 0.6) is 5.75 Å². The van der Waals surface area contributed by atoms with E-state index in [0.29, 0.717) is 48.9 Å². The van der Waals surface area contributed by atoms with Crippen LogP contribution in [0.4, 0.5) is 4.39 Å². The number of nitrogens with zero attached hydrogens (tertiary/aromatic N) is 3. The second kappa shape index (κ2) is 11.3. The molecular weight excluding hydrogens is 488 g/mol. The molecular formula is C20H29FIN5O2. The number of guanidine groups is 1. The van der Waals surface area contributed by atoms with Crippen LogP contribution >= 0.6 is 24.0 Å². The lowest BCUT2D eigenvalue weighted by molar-refractivity contribution is 0.285. The molecule has 7 nitrogen and oxygen atoms in total. The largest absolute Gasteiger partial charge is 0.490 e. The summed E-state index contributed by atoms with van der Waals surface area (Å²) in [5, 5.41) is 10.3. The number of rotatable bonds is 9. The Morgan fingerprint density at radius 2 is 2.21 bits per heavy atom. The van der Waals surface area contributed by atoms with Gasteiger partial charge in [0.25, 0.3) is 0 Å². The molecule has 1 aromatic heterocycles. The zero-order valence-corrected chi connectivity index (χ0v) is 19.4. The Hall–Kier alpha value is -1.91. The third kappa shape index (κ3) is 7.45. The summed E-state index contributed by atoms with van der Waals surface area (Å²) in [6.07, 6.45) is 2.92. The molecule has 1 heterocycles. The standard InChI is InChI=1S/C20H28FN5O2.HI/c1-4-22-20(23-10-9-19-25-14(3)26-28-19)24-13(2)16-7-8-18(17(21)11-16)27-12-15-5-6-15;/h7-8,11,13,15H,4-6,9-10,12H2,1-3H3,(H2,22,23,24);1H. The Kier molecular flexibility index (Phi) is 9.12. The first kappa shape index (κ1) is 23.4. The number of aryl methyl sites for hydroxylation is 1. The van der Waals surface area contributed by atoms with Gasteiger partial charge in [-0.1, -0.05) is 11.2 Å². The van der Waals surface area contributed by atoms with Gasteiger partial charge in [0.2, 0.25) is 5.89 Å². The second-order valence-electron chi connectivity index (χ2n) is 7.06. The molecule has 0 amide bonds. The monoisotopic (exact) mass is 517 g/mol. The molecule has 9 heteroatoms. The molecule has 2 aromatic rings. The number of benzene rings is 1. The van der Waals surface area contributed by atoms with E-state index >= 15 is 0 Å². The van der Waals surface area contributed by atoms with Gasteiger partial charge < -0.3 is 19.9 Å². The van der Waals surface area contributed by atoms with Crippen LogP contribution in [0.3, 0.4) is 0 Å². The first-order valence-electron chi connectivity index (χ1n) is 9.81. The van der Waals surface area contributed by atoms with E-state index in [1.807, 2.05) is 19.9 Å². The average molecular weight is 517 g/mol. The molecule has 0 spiro atoms. The van der Waals surface area contributed by atoms with Crippen molar-refractivity contribution in [3.05, 3.63) is 41.3 Å². The minimum atomic E-state index is -0.333. The second-order valence-corrected chi connectivity index (χ2v) is 7.06. The molecule has 0 aliphatic heterocycles. The van der Waals surface area contributed by atoms with Gasteiger partial charge in [0.15, 0.2) is 23.4 Å². The normalized spacial score (nSPS) is 14.8. The van der Waals surface area contributed by atoms with Gasteiger partial charge in [-0.05, 0) is 57.2 Å². The van der Waals surface area contributed by atoms with Crippen molar-refractivity contribution in [3.8, 4) is 5.75 Å². The fourth-order valence-corrected chi connectivity index (χ4v) is 2.71. The Morgan fingerprint density at radius 1 is 1.41 bits per heavy atom. The highest BCUT2D eigenvalue weighted by molar-refractivity contribution is 14.0. The van der Waals surface area contributed by atoms with Crippen molar-refractivity contribution in [2.75, 3.05) is 19.7 Å². The molecule has 29 heavy (non-hydrogen) atoms. The maximum atomic E-state index is 14.3. The van der Waals surface area contributed by atoms with E-state index in [1.54, 1.807) is 13.0 Å². The SMILES string of the molecule is CCNC(=NCCc1nc(C)no1)NC(C)c1ccc(OCC2CC2)c(F)c1.I. The van der Waals surface area contributed by atoms with Crippen molar-refractivity contribution in [3.63, 3.8) is 0 Å². The Balaban J connectivity index is 0.00000300. The van der Waals surface area contributed by atoms with Crippen LogP contribution < -0.4 is 15.4 Å². The summed E-state index contributed by atoms with van der Waals surface area (Å²) in [6.45, 7) is 7.57. The molecule has 0 radical (unpaired) electrons. The lowest BCUT2D eigenvalue weighted by Gasteiger charge is -2.19. The van der Waals surface area contributed by atoms with E-state index in [1.165, 1.54) is 18.9 Å². The van der Waals surface area contributed by atoms with E-state index < -0.39 is 0 Å². The molecule has 1 unspecified atom stereocenters. The number of aromatic nitrogens is 2. The van der Waals surface area contributed by atoms with Crippen LogP contribution in [0.1, 0.15) is 50.0 Å². The van der Waals surface area contributed by atoms with E-state index in [2.05, 4.69) is 25.8 Å². The molecule has 1 saturated carbocycles. The van der Waals surface area contributed by atoms with Crippen molar-refractivity contribution in [2.45, 2.75) is 46.1 Å². The third-order valence-corrected chi connectivity index (χ3v) is 4.49. The van der Waals surface area contributed by atoms with Gasteiger partial charge in [0.05, 0.1) is 19.2 Å². The molecule has 2 N–H and O–H groups in total. The number of aliphatic imine (C=N–C) groups is 1. The molecule has 1 atom stereocenters. The highest BCUT2D eigenvalue weighted by Gasteiger charge is 2.22. The molecule has 1 fully saturated rings. The summed E-state index contributed by atoms with van der Waals surface area (Å²) in [5.74, 6) is 2.41. The number of halogens is 2. The highest BCUT2D eigenvalue weighted by Crippen LogP contribution is 2.30. The molecule has 1 aromatic carbocycles. The number of hydrogen-bond donors (Lipinski definition) is 2. The third-order valence-electron chi connectivity index (χ3n) is 4.49. The van der Waals surface area contributed by atoms with Gasteiger partial charge >= 0.3 is 0 Å². The molecule has 1 aliphatic rings. The maximum Gasteiger partial charge on any atom is 0.228 e. The van der Waals surface area contributed by atoms with E-state index in [9.17, 15) is 4.39 Å². The van der Waals surface area contributed by atoms with E-state index in [0.717, 1.165) is 12.1 Å². The summed E-state index contributed by atoms with van der Waals surface area (Å²) < 4.78 is 25.0. The van der Waals surface area contributed by atoms with Crippen LogP contribution in [0.25, 0.3) is 0 Å². The number of nitrogens with one attached hydrogen (secondary N) is 2. The van der Waals surface area contributed by atoms with E-state index in [4.69, 9.17) is 9.26 Å². The summed E-state index contributed by atoms with van der Waals surface area (Å²) in [5.41, 5.74) is 0.828. The Labute approximate surface area is 187 Å². The van der Waals surface area contributed by atoms with Crippen LogP contribution in [0.15, 0.2) is 27.7 Å². The Morgan fingerprint density at radius 3 is 2.83 bits per heavy atom. The summed E-state index contributed by atoms with van der Waals surface area (Å²) in [7, 11) is 0. The number of hydrogen-bond acceptors (Lipinski definition) is 5. The topological polar surface area (TPSA) is 84.6 Å². The minimum Gasteiger partial charge on any atom is -0.490 e. The summed E-state index contributed by atoms with van der Waals surface area (Å²) in [4.78, 5) is 8.70. The van der Waals surface area contributed by atoms with Gasteiger partial charge in [0.1, 0.15) is 0 Å². The highest BCUT2D eigenvalue weighted by atomic mass is 127. The molecule has 3 rings (SSSR count). The van der Waals surface area contributed by atoms with E-state index in [-0.39, 0.29) is 35.8 Å². The number of ether oxygens (including phenoxy) is 1. The predicted octanol–water partition coefficient (Wildman–Crippen LogP) is 3.78. The average Bonchev–Trinajstić information content (AvgIpc) is 3.41. The molecule has 160 valence electrons. The maximum absolute atomic E-state index is 14.3. The van der Waals surface area contributed by atoms with Crippen molar-refractivity contribution in [1.29, 1.82) is 0 Å². The Bertz CT molecular complexity index is 810. The summed E-state index contributed by atoms with van der Waals surface area (Å²) >= 11 is 0. The fraction of sp³-hybridized carbons (Fsp3) is 0.550. The van der Waals surface area contributed by atoms with Gasteiger partial charge in [-0.2, -0.15) is 4.98 Å². The van der Waals surface area contributed by atoms with Crippen molar-refractivity contribution < 1.29 is 13.7 Å². The lowest BCUT2D eigenvalue weighted by atomic mass is 10.1. The van der Waals surface area contributed by atoms with Crippen molar-refractivity contribution in [2.24, 2.45) is 10.9 Å². The van der Waals surface area contributed by atoms with Crippen LogP contribution in [0.2, 0.25) is 0 Å². The quantitative estimate of drug-likeness (QED) is 0.299. The van der Waals surface area contributed by atoms with Gasteiger partial charge in [-0.3, -0.25) is 4.99 Å². The molecule has 0 bridgehead atoms. The first-order valence-corrected chi connectivity index (χ1v) is 9.81. The predicted molar refractivity (Wildman–Crippen MR) is 120 cm³/mol. The fourth-order valence-electron chi connectivity index (χ4n) is 2.71. The molecule has 0 saturated heterocycles. The zero-order chi connectivity index (χ0) is 19.9.